The van der Waals surface area contributed by atoms with E-state index in [0.29, 0.717) is 10.0 Å². The summed E-state index contributed by atoms with van der Waals surface area (Å²) in [5.74, 6) is -0.307. The van der Waals surface area contributed by atoms with E-state index in [4.69, 9.17) is 28.2 Å². The molecule has 0 amide bonds. The SMILES string of the molecule is Cc1cccn2c(C(C)C#N)c(-c3ccc(Cl)cc3Cl)nc12. The molecule has 0 N–H and O–H groups in total. The van der Waals surface area contributed by atoms with Crippen LogP contribution < -0.4 is 0 Å². The second-order valence-corrected chi connectivity index (χ2v) is 6.05. The van der Waals surface area contributed by atoms with Crippen molar-refractivity contribution in [1.82, 2.24) is 9.38 Å². The summed E-state index contributed by atoms with van der Waals surface area (Å²) in [5.41, 5.74) is 4.23. The average Bonchev–Trinajstić information content (AvgIpc) is 2.87. The molecule has 2 aromatic heterocycles. The molecule has 1 atom stereocenters. The van der Waals surface area contributed by atoms with Crippen LogP contribution in [0.15, 0.2) is 36.5 Å². The maximum atomic E-state index is 9.37. The zero-order valence-electron chi connectivity index (χ0n) is 12.1. The van der Waals surface area contributed by atoms with E-state index in [1.807, 2.05) is 42.6 Å². The molecule has 3 nitrogen and oxygen atoms in total. The molecular weight excluding hydrogens is 317 g/mol. The van der Waals surface area contributed by atoms with Crippen molar-refractivity contribution in [2.75, 3.05) is 0 Å². The monoisotopic (exact) mass is 329 g/mol. The van der Waals surface area contributed by atoms with Gasteiger partial charge in [-0.3, -0.25) is 0 Å². The summed E-state index contributed by atoms with van der Waals surface area (Å²) < 4.78 is 1.96. The van der Waals surface area contributed by atoms with Crippen LogP contribution in [0.3, 0.4) is 0 Å². The summed E-state index contributed by atoms with van der Waals surface area (Å²) in [6.45, 7) is 3.86. The number of benzene rings is 1. The van der Waals surface area contributed by atoms with Crippen LogP contribution in [0.2, 0.25) is 10.0 Å². The first-order chi connectivity index (χ1) is 10.5. The highest BCUT2D eigenvalue weighted by atomic mass is 35.5. The van der Waals surface area contributed by atoms with Crippen molar-refractivity contribution in [1.29, 1.82) is 5.26 Å². The van der Waals surface area contributed by atoms with Gasteiger partial charge >= 0.3 is 0 Å². The average molecular weight is 330 g/mol. The van der Waals surface area contributed by atoms with Crippen molar-refractivity contribution in [3.05, 3.63) is 57.8 Å². The first kappa shape index (κ1) is 14.9. The fourth-order valence-corrected chi connectivity index (χ4v) is 3.07. The van der Waals surface area contributed by atoms with E-state index in [1.54, 1.807) is 12.1 Å². The lowest BCUT2D eigenvalue weighted by atomic mass is 10.0. The Labute approximate surface area is 138 Å². The molecule has 2 heterocycles. The van der Waals surface area contributed by atoms with Gasteiger partial charge in [-0.2, -0.15) is 5.26 Å². The zero-order valence-corrected chi connectivity index (χ0v) is 13.7. The molecule has 0 radical (unpaired) electrons. The van der Waals surface area contributed by atoms with Crippen LogP contribution >= 0.6 is 23.2 Å². The number of aryl methyl sites for hydroxylation is 1. The van der Waals surface area contributed by atoms with Crippen molar-refractivity contribution < 1.29 is 0 Å². The topological polar surface area (TPSA) is 41.1 Å². The van der Waals surface area contributed by atoms with Crippen molar-refractivity contribution in [2.45, 2.75) is 19.8 Å². The van der Waals surface area contributed by atoms with Gasteiger partial charge < -0.3 is 4.40 Å². The number of hydrogen-bond donors (Lipinski definition) is 0. The van der Waals surface area contributed by atoms with Gasteiger partial charge in [0.2, 0.25) is 0 Å². The van der Waals surface area contributed by atoms with Gasteiger partial charge in [-0.25, -0.2) is 4.98 Å². The minimum atomic E-state index is -0.307. The molecule has 3 aromatic rings. The van der Waals surface area contributed by atoms with E-state index in [2.05, 4.69) is 6.07 Å². The van der Waals surface area contributed by atoms with Crippen molar-refractivity contribution in [3.8, 4) is 17.3 Å². The first-order valence-corrected chi connectivity index (χ1v) is 7.61. The Kier molecular flexibility index (Phi) is 3.82. The number of pyridine rings is 1. The minimum absolute atomic E-state index is 0.307. The summed E-state index contributed by atoms with van der Waals surface area (Å²) in [6.07, 6.45) is 1.92. The van der Waals surface area contributed by atoms with Crippen LogP contribution in [-0.2, 0) is 0 Å². The summed E-state index contributed by atoms with van der Waals surface area (Å²) in [5, 5.41) is 10.5. The molecule has 0 aliphatic rings. The molecule has 22 heavy (non-hydrogen) atoms. The van der Waals surface area contributed by atoms with Gasteiger partial charge in [-0.05, 0) is 43.7 Å². The largest absolute Gasteiger partial charge is 0.302 e. The maximum Gasteiger partial charge on any atom is 0.140 e. The van der Waals surface area contributed by atoms with E-state index in [-0.39, 0.29) is 5.92 Å². The smallest absolute Gasteiger partial charge is 0.140 e. The highest BCUT2D eigenvalue weighted by molar-refractivity contribution is 6.36. The summed E-state index contributed by atoms with van der Waals surface area (Å²) in [6, 6.07) is 11.5. The molecule has 1 aromatic carbocycles. The van der Waals surface area contributed by atoms with E-state index in [0.717, 1.165) is 28.2 Å². The number of fused-ring (bicyclic) bond motifs is 1. The lowest BCUT2D eigenvalue weighted by Crippen LogP contribution is -1.99. The Bertz CT molecular complexity index is 906. The van der Waals surface area contributed by atoms with E-state index >= 15 is 0 Å². The normalized spacial score (nSPS) is 12.3. The molecule has 0 aliphatic heterocycles. The second-order valence-electron chi connectivity index (χ2n) is 5.21. The van der Waals surface area contributed by atoms with Crippen molar-refractivity contribution in [3.63, 3.8) is 0 Å². The van der Waals surface area contributed by atoms with Crippen LogP contribution in [0, 0.1) is 18.3 Å². The molecule has 110 valence electrons. The molecule has 5 heteroatoms. The van der Waals surface area contributed by atoms with Gasteiger partial charge in [0, 0.05) is 16.8 Å². The Morgan fingerprint density at radius 1 is 1.27 bits per heavy atom. The minimum Gasteiger partial charge on any atom is -0.302 e. The third-order valence-electron chi connectivity index (χ3n) is 3.67. The lowest BCUT2D eigenvalue weighted by molar-refractivity contribution is 0.898. The Hall–Kier alpha value is -2.02. The number of nitrogens with zero attached hydrogens (tertiary/aromatic N) is 3. The van der Waals surface area contributed by atoms with Gasteiger partial charge in [0.05, 0.1) is 28.4 Å². The number of nitriles is 1. The van der Waals surface area contributed by atoms with Crippen LogP contribution in [0.4, 0.5) is 0 Å². The van der Waals surface area contributed by atoms with Crippen LogP contribution in [0.25, 0.3) is 16.9 Å². The molecule has 1 unspecified atom stereocenters. The number of aromatic nitrogens is 2. The quantitative estimate of drug-likeness (QED) is 0.644. The molecule has 0 saturated heterocycles. The molecule has 0 saturated carbocycles. The standard InChI is InChI=1S/C17H13Cl2N3/c1-10-4-3-7-22-16(11(2)9-20)15(21-17(10)22)13-6-5-12(18)8-14(13)19/h3-8,11H,1-2H3. The molecule has 3 rings (SSSR count). The predicted octanol–water partition coefficient (Wildman–Crippen LogP) is 5.24. The molecule has 0 aliphatic carbocycles. The third-order valence-corrected chi connectivity index (χ3v) is 4.22. The number of hydrogen-bond acceptors (Lipinski definition) is 2. The molecule has 0 fully saturated rings. The van der Waals surface area contributed by atoms with Gasteiger partial charge in [0.1, 0.15) is 5.65 Å². The van der Waals surface area contributed by atoms with E-state index in [9.17, 15) is 5.26 Å². The Morgan fingerprint density at radius 3 is 2.73 bits per heavy atom. The summed E-state index contributed by atoms with van der Waals surface area (Å²) in [4.78, 5) is 4.73. The summed E-state index contributed by atoms with van der Waals surface area (Å²) in [7, 11) is 0. The molecule has 0 spiro atoms. The fourth-order valence-electron chi connectivity index (χ4n) is 2.58. The fraction of sp³-hybridized carbons (Fsp3) is 0.176. The van der Waals surface area contributed by atoms with Crippen LogP contribution in [0.1, 0.15) is 24.1 Å². The Balaban J connectivity index is 2.38. The Morgan fingerprint density at radius 2 is 2.05 bits per heavy atom. The zero-order chi connectivity index (χ0) is 15.9. The van der Waals surface area contributed by atoms with Crippen molar-refractivity contribution >= 4 is 28.8 Å². The number of imidazole rings is 1. The lowest BCUT2D eigenvalue weighted by Gasteiger charge is -2.08. The third kappa shape index (κ3) is 2.35. The predicted molar refractivity (Wildman–Crippen MR) is 89.4 cm³/mol. The van der Waals surface area contributed by atoms with Gasteiger partial charge in [0.25, 0.3) is 0 Å². The van der Waals surface area contributed by atoms with E-state index < -0.39 is 0 Å². The van der Waals surface area contributed by atoms with Gasteiger partial charge in [0.15, 0.2) is 0 Å². The first-order valence-electron chi connectivity index (χ1n) is 6.85. The van der Waals surface area contributed by atoms with Crippen molar-refractivity contribution in [2.24, 2.45) is 0 Å². The van der Waals surface area contributed by atoms with Crippen LogP contribution in [0.5, 0.6) is 0 Å². The number of rotatable bonds is 2. The van der Waals surface area contributed by atoms with E-state index in [1.165, 1.54) is 0 Å². The second kappa shape index (κ2) is 5.64. The molecule has 0 bridgehead atoms. The van der Waals surface area contributed by atoms with Gasteiger partial charge in [-0.1, -0.05) is 29.3 Å². The maximum absolute atomic E-state index is 9.37. The molecular formula is C17H13Cl2N3. The highest BCUT2D eigenvalue weighted by Gasteiger charge is 2.21. The van der Waals surface area contributed by atoms with Crippen LogP contribution in [-0.4, -0.2) is 9.38 Å². The van der Waals surface area contributed by atoms with Gasteiger partial charge in [-0.15, -0.1) is 0 Å². The highest BCUT2D eigenvalue weighted by Crippen LogP contribution is 2.35. The number of halogens is 2. The summed E-state index contributed by atoms with van der Waals surface area (Å²) >= 11 is 12.3.